The molecular formula is C14H13F13N2O3S2. The number of aromatic nitrogens is 2. The molecule has 0 aliphatic rings. The van der Waals surface area contributed by atoms with E-state index in [1.165, 1.54) is 0 Å². The molecule has 5 nitrogen and oxygen atoms in total. The molecule has 0 bridgehead atoms. The first-order chi connectivity index (χ1) is 14.8. The summed E-state index contributed by atoms with van der Waals surface area (Å²) in [4.78, 5) is 0. The van der Waals surface area contributed by atoms with Gasteiger partial charge in [0.15, 0.2) is 4.77 Å². The fraction of sp³-hybridized carbons (Fsp3) is 0.786. The Labute approximate surface area is 186 Å². The number of rotatable bonds is 11. The summed E-state index contributed by atoms with van der Waals surface area (Å²) >= 11 is 4.73. The number of halogens is 13. The number of aryl methyl sites for hydroxylation is 2. The van der Waals surface area contributed by atoms with E-state index in [9.17, 15) is 65.5 Å². The molecule has 0 amide bonds. The average Bonchev–Trinajstić information content (AvgIpc) is 2.97. The van der Waals surface area contributed by atoms with E-state index in [2.05, 4.69) is 0 Å². The van der Waals surface area contributed by atoms with Gasteiger partial charge in [0.25, 0.3) is 10.1 Å². The summed E-state index contributed by atoms with van der Waals surface area (Å²) in [5.74, 6) is -38.0. The highest BCUT2D eigenvalue weighted by Gasteiger charge is 2.90. The van der Waals surface area contributed by atoms with Gasteiger partial charge < -0.3 is 9.13 Å². The van der Waals surface area contributed by atoms with Gasteiger partial charge >= 0.3 is 35.8 Å². The van der Waals surface area contributed by atoms with Crippen LogP contribution in [-0.2, 0) is 23.2 Å². The first-order valence-electron chi connectivity index (χ1n) is 8.50. The molecule has 1 aromatic rings. The molecule has 0 spiro atoms. The molecule has 0 atom stereocenters. The Morgan fingerprint density at radius 3 is 1.56 bits per heavy atom. The predicted octanol–water partition coefficient (Wildman–Crippen LogP) is 5.43. The van der Waals surface area contributed by atoms with E-state index in [0.717, 1.165) is 17.0 Å². The number of hydrogen-bond donors (Lipinski definition) is 1. The average molecular weight is 568 g/mol. The van der Waals surface area contributed by atoms with Crippen molar-refractivity contribution in [3.05, 3.63) is 17.2 Å². The largest absolute Gasteiger partial charge is 0.460 e. The summed E-state index contributed by atoms with van der Waals surface area (Å²) in [7, 11) is -4.38. The van der Waals surface area contributed by atoms with Crippen LogP contribution < -0.4 is 0 Å². The fourth-order valence-corrected chi connectivity index (χ4v) is 3.23. The van der Waals surface area contributed by atoms with Crippen molar-refractivity contribution in [3.8, 4) is 0 Å². The lowest BCUT2D eigenvalue weighted by Gasteiger charge is -2.39. The van der Waals surface area contributed by atoms with E-state index >= 15 is 0 Å². The van der Waals surface area contributed by atoms with Crippen LogP contribution in [0, 0.1) is 4.77 Å². The predicted molar refractivity (Wildman–Crippen MR) is 89.7 cm³/mol. The van der Waals surface area contributed by atoms with Gasteiger partial charge in [-0.1, -0.05) is 0 Å². The molecule has 0 aliphatic carbocycles. The maximum absolute atomic E-state index is 13.8. The third kappa shape index (κ3) is 5.47. The zero-order valence-electron chi connectivity index (χ0n) is 16.1. The Hall–Kier alpha value is -1.57. The van der Waals surface area contributed by atoms with Crippen LogP contribution in [0.2, 0.25) is 0 Å². The molecule has 1 heterocycles. The third-order valence-corrected chi connectivity index (χ3v) is 5.66. The molecular weight excluding hydrogens is 555 g/mol. The van der Waals surface area contributed by atoms with E-state index in [4.69, 9.17) is 16.8 Å². The standard InChI is InChI=1S/C14H13F13N2O3S2/c15-9(16,2-4-29-6-5-28(8(29)33)3-1-7-34(30,31)32)10(17,18)11(19,20)12(21,22)13(23,24)14(25,26)27/h5-6H,1-4,7H2,(H,30,31,32). The molecule has 1 N–H and O–H groups in total. The second-order valence-corrected chi connectivity index (χ2v) is 8.79. The van der Waals surface area contributed by atoms with Crippen LogP contribution in [0.4, 0.5) is 57.1 Å². The van der Waals surface area contributed by atoms with E-state index in [0.29, 0.717) is 4.57 Å². The van der Waals surface area contributed by atoms with Crippen molar-refractivity contribution in [1.29, 1.82) is 0 Å². The summed E-state index contributed by atoms with van der Waals surface area (Å²) in [6.07, 6.45) is -8.42. The molecule has 0 aliphatic heterocycles. The minimum atomic E-state index is -7.96. The molecule has 0 aromatic carbocycles. The quantitative estimate of drug-likeness (QED) is 0.220. The van der Waals surface area contributed by atoms with Crippen LogP contribution in [0.5, 0.6) is 0 Å². The summed E-state index contributed by atoms with van der Waals surface area (Å²) in [5, 5.41) is 0. The molecule has 0 fully saturated rings. The topological polar surface area (TPSA) is 64.2 Å². The maximum Gasteiger partial charge on any atom is 0.460 e. The number of alkyl halides is 13. The lowest BCUT2D eigenvalue weighted by atomic mass is 9.92. The summed E-state index contributed by atoms with van der Waals surface area (Å²) < 4.78 is 201. The van der Waals surface area contributed by atoms with Crippen LogP contribution in [0.1, 0.15) is 12.8 Å². The summed E-state index contributed by atoms with van der Waals surface area (Å²) in [6.45, 7) is -1.68. The van der Waals surface area contributed by atoms with Gasteiger partial charge in [-0.05, 0) is 18.6 Å². The van der Waals surface area contributed by atoms with Gasteiger partial charge in [-0.2, -0.15) is 65.5 Å². The second kappa shape index (κ2) is 9.14. The van der Waals surface area contributed by atoms with Crippen LogP contribution in [-0.4, -0.2) is 63.6 Å². The van der Waals surface area contributed by atoms with E-state index in [1.54, 1.807) is 0 Å². The second-order valence-electron chi connectivity index (χ2n) is 6.86. The van der Waals surface area contributed by atoms with Gasteiger partial charge in [0, 0.05) is 31.9 Å². The number of nitrogens with zero attached hydrogens (tertiary/aromatic N) is 2. The van der Waals surface area contributed by atoms with Gasteiger partial charge in [0.1, 0.15) is 0 Å². The van der Waals surface area contributed by atoms with Crippen molar-refractivity contribution in [2.75, 3.05) is 5.75 Å². The lowest BCUT2D eigenvalue weighted by molar-refractivity contribution is -0.440. The molecule has 0 saturated carbocycles. The van der Waals surface area contributed by atoms with Crippen molar-refractivity contribution >= 4 is 22.3 Å². The Bertz CT molecular complexity index is 1030. The summed E-state index contributed by atoms with van der Waals surface area (Å²) in [5.41, 5.74) is 0. The fourth-order valence-electron chi connectivity index (χ4n) is 2.43. The minimum Gasteiger partial charge on any atom is -0.324 e. The van der Waals surface area contributed by atoms with E-state index < -0.39 is 69.4 Å². The van der Waals surface area contributed by atoms with E-state index in [1.807, 2.05) is 0 Å². The van der Waals surface area contributed by atoms with Crippen molar-refractivity contribution in [2.45, 2.75) is 61.7 Å². The zero-order valence-corrected chi connectivity index (χ0v) is 17.7. The highest BCUT2D eigenvalue weighted by Crippen LogP contribution is 2.60. The lowest BCUT2D eigenvalue weighted by Crippen LogP contribution is -2.70. The SMILES string of the molecule is O=S(=O)(O)CCCn1ccn(CCC(F)(F)C(F)(F)C(F)(F)C(F)(F)C(F)(F)C(F)(F)F)c1=S. The minimum absolute atomic E-state index is 0.269. The molecule has 20 heteroatoms. The van der Waals surface area contributed by atoms with Gasteiger partial charge in [-0.25, -0.2) is 0 Å². The first kappa shape index (κ1) is 30.5. The molecule has 200 valence electrons. The van der Waals surface area contributed by atoms with Gasteiger partial charge in [-0.15, -0.1) is 0 Å². The van der Waals surface area contributed by atoms with E-state index in [-0.39, 0.29) is 13.0 Å². The Kier molecular flexibility index (Phi) is 8.19. The summed E-state index contributed by atoms with van der Waals surface area (Å²) in [6, 6.07) is 0. The Morgan fingerprint density at radius 1 is 0.735 bits per heavy atom. The molecule has 1 aromatic heterocycles. The Balaban J connectivity index is 3.13. The molecule has 0 unspecified atom stereocenters. The monoisotopic (exact) mass is 568 g/mol. The maximum atomic E-state index is 13.8. The smallest absolute Gasteiger partial charge is 0.324 e. The Morgan fingerprint density at radius 2 is 1.15 bits per heavy atom. The van der Waals surface area contributed by atoms with Gasteiger partial charge in [-0.3, -0.25) is 4.55 Å². The first-order valence-corrected chi connectivity index (χ1v) is 10.5. The highest BCUT2D eigenvalue weighted by atomic mass is 32.2. The highest BCUT2D eigenvalue weighted by molar-refractivity contribution is 7.85. The molecule has 1 rings (SSSR count). The van der Waals surface area contributed by atoms with Gasteiger partial charge in [0.05, 0.1) is 5.75 Å². The van der Waals surface area contributed by atoms with Crippen molar-refractivity contribution in [2.24, 2.45) is 0 Å². The zero-order chi connectivity index (χ0) is 27.2. The van der Waals surface area contributed by atoms with Crippen molar-refractivity contribution < 1.29 is 70.0 Å². The van der Waals surface area contributed by atoms with Crippen molar-refractivity contribution in [1.82, 2.24) is 9.13 Å². The molecule has 0 radical (unpaired) electrons. The molecule has 0 saturated heterocycles. The van der Waals surface area contributed by atoms with Crippen LogP contribution in [0.25, 0.3) is 0 Å². The normalized spacial score (nSPS) is 15.1. The number of imidazole rings is 1. The van der Waals surface area contributed by atoms with Crippen molar-refractivity contribution in [3.63, 3.8) is 0 Å². The van der Waals surface area contributed by atoms with Crippen LogP contribution in [0.15, 0.2) is 12.4 Å². The van der Waals surface area contributed by atoms with Crippen LogP contribution >= 0.6 is 12.2 Å². The van der Waals surface area contributed by atoms with Crippen LogP contribution in [0.3, 0.4) is 0 Å². The third-order valence-electron chi connectivity index (χ3n) is 4.38. The van der Waals surface area contributed by atoms with Gasteiger partial charge in [0.2, 0.25) is 0 Å². The molecule has 34 heavy (non-hydrogen) atoms. The number of hydrogen-bond acceptors (Lipinski definition) is 3.